The maximum absolute atomic E-state index is 12.1. The Hall–Kier alpha value is -1.22. The first-order chi connectivity index (χ1) is 10.1. The Morgan fingerprint density at radius 3 is 2.67 bits per heavy atom. The molecule has 0 spiro atoms. The molecule has 2 unspecified atom stereocenters. The lowest BCUT2D eigenvalue weighted by atomic mass is 9.99. The van der Waals surface area contributed by atoms with Crippen LogP contribution in [-0.4, -0.2) is 18.6 Å². The SMILES string of the molecule is CCCCC(CC)CNC(=O)C(C)Oc1ccccc1Cl. The van der Waals surface area contributed by atoms with Gasteiger partial charge in [-0.05, 0) is 31.4 Å². The molecule has 0 aliphatic rings. The molecule has 1 aromatic carbocycles. The Bertz CT molecular complexity index is 437. The van der Waals surface area contributed by atoms with Gasteiger partial charge >= 0.3 is 0 Å². The van der Waals surface area contributed by atoms with Gasteiger partial charge in [-0.2, -0.15) is 0 Å². The lowest BCUT2D eigenvalue weighted by molar-refractivity contribution is -0.127. The van der Waals surface area contributed by atoms with Crippen molar-refractivity contribution in [2.75, 3.05) is 6.54 Å². The third-order valence-electron chi connectivity index (χ3n) is 3.62. The van der Waals surface area contributed by atoms with E-state index in [4.69, 9.17) is 16.3 Å². The first kappa shape index (κ1) is 17.8. The molecule has 0 heterocycles. The van der Waals surface area contributed by atoms with Gasteiger partial charge in [-0.25, -0.2) is 0 Å². The molecule has 4 heteroatoms. The maximum Gasteiger partial charge on any atom is 0.260 e. The van der Waals surface area contributed by atoms with E-state index in [1.165, 1.54) is 12.8 Å². The van der Waals surface area contributed by atoms with Crippen molar-refractivity contribution < 1.29 is 9.53 Å². The highest BCUT2D eigenvalue weighted by atomic mass is 35.5. The molecule has 0 aliphatic heterocycles. The van der Waals surface area contributed by atoms with E-state index in [1.807, 2.05) is 12.1 Å². The van der Waals surface area contributed by atoms with Gasteiger partial charge in [0.1, 0.15) is 5.75 Å². The van der Waals surface area contributed by atoms with E-state index in [1.54, 1.807) is 19.1 Å². The molecule has 1 N–H and O–H groups in total. The number of hydrogen-bond acceptors (Lipinski definition) is 2. The van der Waals surface area contributed by atoms with E-state index in [0.29, 0.717) is 23.2 Å². The number of carbonyl (C=O) groups excluding carboxylic acids is 1. The van der Waals surface area contributed by atoms with Crippen molar-refractivity contribution in [3.05, 3.63) is 29.3 Å². The summed E-state index contributed by atoms with van der Waals surface area (Å²) in [5.74, 6) is 0.992. The fourth-order valence-electron chi connectivity index (χ4n) is 2.12. The highest BCUT2D eigenvalue weighted by Gasteiger charge is 2.17. The highest BCUT2D eigenvalue weighted by Crippen LogP contribution is 2.24. The van der Waals surface area contributed by atoms with E-state index in [0.717, 1.165) is 12.8 Å². The van der Waals surface area contributed by atoms with Crippen LogP contribution in [-0.2, 0) is 4.79 Å². The summed E-state index contributed by atoms with van der Waals surface area (Å²) in [6.45, 7) is 6.80. The minimum Gasteiger partial charge on any atom is -0.479 e. The van der Waals surface area contributed by atoms with E-state index in [9.17, 15) is 4.79 Å². The standard InChI is InChI=1S/C17H26ClNO2/c1-4-6-9-14(5-2)12-19-17(20)13(3)21-16-11-8-7-10-15(16)18/h7-8,10-11,13-14H,4-6,9,12H2,1-3H3,(H,19,20). The number of rotatable bonds is 9. The van der Waals surface area contributed by atoms with Crippen LogP contribution in [0.3, 0.4) is 0 Å². The number of halogens is 1. The molecule has 0 aromatic heterocycles. The van der Waals surface area contributed by atoms with Gasteiger partial charge in [0.25, 0.3) is 5.91 Å². The van der Waals surface area contributed by atoms with Crippen LogP contribution in [0.25, 0.3) is 0 Å². The van der Waals surface area contributed by atoms with Gasteiger partial charge in [0.05, 0.1) is 5.02 Å². The van der Waals surface area contributed by atoms with E-state index < -0.39 is 6.10 Å². The Kier molecular flexibility index (Phi) is 8.21. The zero-order valence-electron chi connectivity index (χ0n) is 13.2. The third kappa shape index (κ3) is 6.38. The van der Waals surface area contributed by atoms with Crippen molar-refractivity contribution in [3.63, 3.8) is 0 Å². The summed E-state index contributed by atoms with van der Waals surface area (Å²) in [6, 6.07) is 7.19. The number of para-hydroxylation sites is 1. The summed E-state index contributed by atoms with van der Waals surface area (Å²) in [6.07, 6.45) is 4.09. The number of benzene rings is 1. The lowest BCUT2D eigenvalue weighted by Crippen LogP contribution is -2.38. The van der Waals surface area contributed by atoms with Crippen molar-refractivity contribution in [1.82, 2.24) is 5.32 Å². The average Bonchev–Trinajstić information content (AvgIpc) is 2.49. The van der Waals surface area contributed by atoms with Crippen molar-refractivity contribution >= 4 is 17.5 Å². The molecule has 0 radical (unpaired) electrons. The van der Waals surface area contributed by atoms with Gasteiger partial charge in [-0.15, -0.1) is 0 Å². The predicted octanol–water partition coefficient (Wildman–Crippen LogP) is 4.44. The number of ether oxygens (including phenoxy) is 1. The molecule has 1 aromatic rings. The normalized spacial score (nSPS) is 13.5. The summed E-state index contributed by atoms with van der Waals surface area (Å²) < 4.78 is 5.61. The fraction of sp³-hybridized carbons (Fsp3) is 0.588. The van der Waals surface area contributed by atoms with E-state index in [2.05, 4.69) is 19.2 Å². The molecule has 21 heavy (non-hydrogen) atoms. The summed E-state index contributed by atoms with van der Waals surface area (Å²) in [5, 5.41) is 3.49. The van der Waals surface area contributed by atoms with Crippen LogP contribution in [0.1, 0.15) is 46.5 Å². The van der Waals surface area contributed by atoms with Crippen LogP contribution in [0.2, 0.25) is 5.02 Å². The first-order valence-corrected chi connectivity index (χ1v) is 8.15. The summed E-state index contributed by atoms with van der Waals surface area (Å²) in [5.41, 5.74) is 0. The number of unbranched alkanes of at least 4 members (excludes halogenated alkanes) is 1. The third-order valence-corrected chi connectivity index (χ3v) is 3.93. The fourth-order valence-corrected chi connectivity index (χ4v) is 2.30. The maximum atomic E-state index is 12.1. The van der Waals surface area contributed by atoms with Gasteiger partial charge in [-0.1, -0.05) is 56.8 Å². The number of carbonyl (C=O) groups is 1. The molecule has 0 aliphatic carbocycles. The molecule has 3 nitrogen and oxygen atoms in total. The summed E-state index contributed by atoms with van der Waals surface area (Å²) in [7, 11) is 0. The average molecular weight is 312 g/mol. The van der Waals surface area contributed by atoms with Crippen molar-refractivity contribution in [1.29, 1.82) is 0 Å². The zero-order chi connectivity index (χ0) is 15.7. The Morgan fingerprint density at radius 1 is 1.33 bits per heavy atom. The van der Waals surface area contributed by atoms with Crippen LogP contribution in [0, 0.1) is 5.92 Å². The van der Waals surface area contributed by atoms with Gasteiger partial charge in [-0.3, -0.25) is 4.79 Å². The molecule has 0 saturated heterocycles. The molecule has 0 bridgehead atoms. The van der Waals surface area contributed by atoms with Crippen molar-refractivity contribution in [3.8, 4) is 5.75 Å². The topological polar surface area (TPSA) is 38.3 Å². The highest BCUT2D eigenvalue weighted by molar-refractivity contribution is 6.32. The molecular weight excluding hydrogens is 286 g/mol. The van der Waals surface area contributed by atoms with Gasteiger partial charge in [0.2, 0.25) is 0 Å². The second-order valence-corrected chi connectivity index (χ2v) is 5.76. The van der Waals surface area contributed by atoms with Gasteiger partial charge in [0.15, 0.2) is 6.10 Å². The largest absolute Gasteiger partial charge is 0.479 e. The van der Waals surface area contributed by atoms with Gasteiger partial charge < -0.3 is 10.1 Å². The molecule has 2 atom stereocenters. The zero-order valence-corrected chi connectivity index (χ0v) is 14.0. The van der Waals surface area contributed by atoms with Crippen molar-refractivity contribution in [2.45, 2.75) is 52.6 Å². The number of amides is 1. The Labute approximate surface area is 133 Å². The smallest absolute Gasteiger partial charge is 0.260 e. The Morgan fingerprint density at radius 2 is 2.05 bits per heavy atom. The number of nitrogens with one attached hydrogen (secondary N) is 1. The van der Waals surface area contributed by atoms with E-state index >= 15 is 0 Å². The summed E-state index contributed by atoms with van der Waals surface area (Å²) in [4.78, 5) is 12.1. The summed E-state index contributed by atoms with van der Waals surface area (Å²) >= 11 is 6.02. The Balaban J connectivity index is 2.42. The molecule has 0 fully saturated rings. The second kappa shape index (κ2) is 9.67. The van der Waals surface area contributed by atoms with E-state index in [-0.39, 0.29) is 5.91 Å². The second-order valence-electron chi connectivity index (χ2n) is 5.35. The van der Waals surface area contributed by atoms with Crippen LogP contribution in [0.5, 0.6) is 5.75 Å². The van der Waals surface area contributed by atoms with Crippen LogP contribution in [0.15, 0.2) is 24.3 Å². The van der Waals surface area contributed by atoms with Gasteiger partial charge in [0, 0.05) is 6.54 Å². The monoisotopic (exact) mass is 311 g/mol. The number of hydrogen-bond donors (Lipinski definition) is 1. The molecule has 0 saturated carbocycles. The van der Waals surface area contributed by atoms with Crippen molar-refractivity contribution in [2.24, 2.45) is 5.92 Å². The molecule has 118 valence electrons. The minimum atomic E-state index is -0.548. The van der Waals surface area contributed by atoms with Crippen LogP contribution < -0.4 is 10.1 Å². The predicted molar refractivity (Wildman–Crippen MR) is 87.9 cm³/mol. The quantitative estimate of drug-likeness (QED) is 0.732. The van der Waals surface area contributed by atoms with Crippen LogP contribution >= 0.6 is 11.6 Å². The minimum absolute atomic E-state index is 0.0927. The first-order valence-electron chi connectivity index (χ1n) is 7.77. The molecular formula is C17H26ClNO2. The molecule has 1 rings (SSSR count). The lowest BCUT2D eigenvalue weighted by Gasteiger charge is -2.19. The molecule has 1 amide bonds. The van der Waals surface area contributed by atoms with Crippen LogP contribution in [0.4, 0.5) is 0 Å².